The summed E-state index contributed by atoms with van der Waals surface area (Å²) in [5, 5.41) is 5.88. The molecule has 1 aliphatic rings. The lowest BCUT2D eigenvalue weighted by Crippen LogP contribution is -2.31. The van der Waals surface area contributed by atoms with Crippen molar-refractivity contribution in [3.63, 3.8) is 0 Å². The van der Waals surface area contributed by atoms with Crippen molar-refractivity contribution in [2.24, 2.45) is 0 Å². The van der Waals surface area contributed by atoms with Crippen LogP contribution in [0.2, 0.25) is 0 Å². The number of benzene rings is 2. The summed E-state index contributed by atoms with van der Waals surface area (Å²) in [6.45, 7) is 7.85. The van der Waals surface area contributed by atoms with Gasteiger partial charge in [-0.05, 0) is 52.9 Å². The standard InChI is InChI=1S/C27H27N3O4/c1-17(31)28-20-11-7-18(8-12-20)23-24(29-21-13-9-19(10-14-21)27(2,3)4)26(33)30(25(23)32)16-22-6-5-15-34-22/h5-15,29H,16H2,1-4H3,(H,28,31). The molecule has 0 unspecified atom stereocenters. The van der Waals surface area contributed by atoms with E-state index in [-0.39, 0.29) is 29.1 Å². The highest BCUT2D eigenvalue weighted by Gasteiger charge is 2.39. The maximum atomic E-state index is 13.4. The van der Waals surface area contributed by atoms with Crippen molar-refractivity contribution in [2.45, 2.75) is 39.7 Å². The minimum absolute atomic E-state index is 0.00239. The first-order valence-electron chi connectivity index (χ1n) is 11.0. The van der Waals surface area contributed by atoms with E-state index in [0.717, 1.165) is 5.56 Å². The first kappa shape index (κ1) is 23.0. The topological polar surface area (TPSA) is 91.7 Å². The van der Waals surface area contributed by atoms with Crippen LogP contribution in [0.3, 0.4) is 0 Å². The van der Waals surface area contributed by atoms with Gasteiger partial charge in [-0.3, -0.25) is 19.3 Å². The lowest BCUT2D eigenvalue weighted by molar-refractivity contribution is -0.137. The molecule has 1 aliphatic heterocycles. The number of nitrogens with zero attached hydrogens (tertiary/aromatic N) is 1. The number of hydrogen-bond donors (Lipinski definition) is 2. The number of carbonyl (C=O) groups excluding carboxylic acids is 3. The Kier molecular flexibility index (Phi) is 6.11. The molecular formula is C27H27N3O4. The van der Waals surface area contributed by atoms with Crippen molar-refractivity contribution in [2.75, 3.05) is 10.6 Å². The third kappa shape index (κ3) is 4.78. The van der Waals surface area contributed by atoms with Crippen LogP contribution in [0.15, 0.2) is 77.0 Å². The fourth-order valence-electron chi connectivity index (χ4n) is 3.78. The molecule has 7 nitrogen and oxygen atoms in total. The minimum Gasteiger partial charge on any atom is -0.467 e. The average Bonchev–Trinajstić information content (AvgIpc) is 3.37. The summed E-state index contributed by atoms with van der Waals surface area (Å²) in [5.41, 5.74) is 3.51. The number of carbonyl (C=O) groups is 3. The second kappa shape index (κ2) is 9.02. The monoisotopic (exact) mass is 457 g/mol. The summed E-state index contributed by atoms with van der Waals surface area (Å²) in [4.78, 5) is 39.3. The van der Waals surface area contributed by atoms with E-state index < -0.39 is 11.8 Å². The predicted octanol–water partition coefficient (Wildman–Crippen LogP) is 4.93. The van der Waals surface area contributed by atoms with Crippen LogP contribution in [-0.4, -0.2) is 22.6 Å². The van der Waals surface area contributed by atoms with E-state index in [1.165, 1.54) is 18.1 Å². The molecule has 0 spiro atoms. The Morgan fingerprint density at radius 1 is 0.912 bits per heavy atom. The van der Waals surface area contributed by atoms with Gasteiger partial charge in [0, 0.05) is 18.3 Å². The van der Waals surface area contributed by atoms with Gasteiger partial charge >= 0.3 is 0 Å². The maximum Gasteiger partial charge on any atom is 0.278 e. The maximum absolute atomic E-state index is 13.4. The number of nitrogens with one attached hydrogen (secondary N) is 2. The summed E-state index contributed by atoms with van der Waals surface area (Å²) in [6, 6.07) is 18.1. The van der Waals surface area contributed by atoms with E-state index in [1.807, 2.05) is 24.3 Å². The van der Waals surface area contributed by atoms with E-state index in [4.69, 9.17) is 4.42 Å². The molecule has 1 aromatic heterocycles. The van der Waals surface area contributed by atoms with Gasteiger partial charge in [0.15, 0.2) is 0 Å². The Labute approximate surface area is 198 Å². The van der Waals surface area contributed by atoms with Gasteiger partial charge in [0.05, 0.1) is 18.4 Å². The van der Waals surface area contributed by atoms with Crippen molar-refractivity contribution in [1.82, 2.24) is 4.90 Å². The number of furan rings is 1. The molecule has 4 rings (SSSR count). The van der Waals surface area contributed by atoms with Gasteiger partial charge in [0.25, 0.3) is 11.8 Å². The van der Waals surface area contributed by atoms with Gasteiger partial charge in [-0.2, -0.15) is 0 Å². The smallest absolute Gasteiger partial charge is 0.278 e. The van der Waals surface area contributed by atoms with Crippen molar-refractivity contribution in [3.8, 4) is 0 Å². The third-order valence-electron chi connectivity index (χ3n) is 5.58. The summed E-state index contributed by atoms with van der Waals surface area (Å²) < 4.78 is 5.36. The largest absolute Gasteiger partial charge is 0.467 e. The van der Waals surface area contributed by atoms with Crippen molar-refractivity contribution >= 4 is 34.7 Å². The molecule has 0 aliphatic carbocycles. The van der Waals surface area contributed by atoms with Crippen LogP contribution in [0.4, 0.5) is 11.4 Å². The normalized spacial score (nSPS) is 14.1. The number of anilines is 2. The van der Waals surface area contributed by atoms with E-state index in [2.05, 4.69) is 31.4 Å². The molecule has 0 bridgehead atoms. The second-order valence-corrected chi connectivity index (χ2v) is 9.24. The van der Waals surface area contributed by atoms with Gasteiger partial charge in [0.1, 0.15) is 11.5 Å². The highest BCUT2D eigenvalue weighted by atomic mass is 16.3. The zero-order valence-electron chi connectivity index (χ0n) is 19.6. The lowest BCUT2D eigenvalue weighted by atomic mass is 9.87. The molecule has 174 valence electrons. The van der Waals surface area contributed by atoms with Crippen LogP contribution in [-0.2, 0) is 26.3 Å². The molecule has 3 aromatic rings. The Morgan fingerprint density at radius 2 is 1.56 bits per heavy atom. The van der Waals surface area contributed by atoms with Gasteiger partial charge in [-0.1, -0.05) is 45.0 Å². The molecule has 34 heavy (non-hydrogen) atoms. The fourth-order valence-corrected chi connectivity index (χ4v) is 3.78. The van der Waals surface area contributed by atoms with Crippen LogP contribution < -0.4 is 10.6 Å². The van der Waals surface area contributed by atoms with E-state index in [9.17, 15) is 14.4 Å². The van der Waals surface area contributed by atoms with Crippen LogP contribution in [0.5, 0.6) is 0 Å². The van der Waals surface area contributed by atoms with E-state index in [0.29, 0.717) is 22.7 Å². The summed E-state index contributed by atoms with van der Waals surface area (Å²) >= 11 is 0. The lowest BCUT2D eigenvalue weighted by Gasteiger charge is -2.19. The number of imide groups is 1. The molecule has 2 aromatic carbocycles. The van der Waals surface area contributed by atoms with Crippen molar-refractivity contribution in [1.29, 1.82) is 0 Å². The van der Waals surface area contributed by atoms with Crippen LogP contribution >= 0.6 is 0 Å². The Hall–Kier alpha value is -4.13. The van der Waals surface area contributed by atoms with Gasteiger partial charge in [-0.25, -0.2) is 0 Å². The molecule has 0 radical (unpaired) electrons. The first-order valence-corrected chi connectivity index (χ1v) is 11.0. The van der Waals surface area contributed by atoms with Gasteiger partial charge in [-0.15, -0.1) is 0 Å². The number of hydrogen-bond acceptors (Lipinski definition) is 5. The molecule has 2 N–H and O–H groups in total. The quantitative estimate of drug-likeness (QED) is 0.512. The Balaban J connectivity index is 1.70. The molecular weight excluding hydrogens is 430 g/mol. The molecule has 3 amide bonds. The fraction of sp³-hybridized carbons (Fsp3) is 0.222. The molecule has 0 atom stereocenters. The van der Waals surface area contributed by atoms with Crippen LogP contribution in [0.1, 0.15) is 44.6 Å². The van der Waals surface area contributed by atoms with Gasteiger partial charge < -0.3 is 15.1 Å². The number of rotatable bonds is 6. The first-order chi connectivity index (χ1) is 16.1. The van der Waals surface area contributed by atoms with E-state index in [1.54, 1.807) is 36.4 Å². The Morgan fingerprint density at radius 3 is 2.12 bits per heavy atom. The van der Waals surface area contributed by atoms with Gasteiger partial charge in [0.2, 0.25) is 5.91 Å². The molecule has 0 fully saturated rings. The van der Waals surface area contributed by atoms with Crippen LogP contribution in [0.25, 0.3) is 5.57 Å². The highest BCUT2D eigenvalue weighted by Crippen LogP contribution is 2.33. The zero-order chi connectivity index (χ0) is 24.5. The van der Waals surface area contributed by atoms with Crippen molar-refractivity contribution in [3.05, 3.63) is 89.5 Å². The number of amides is 3. The molecule has 7 heteroatoms. The third-order valence-corrected chi connectivity index (χ3v) is 5.58. The second-order valence-electron chi connectivity index (χ2n) is 9.24. The molecule has 2 heterocycles. The summed E-state index contributed by atoms with van der Waals surface area (Å²) in [7, 11) is 0. The van der Waals surface area contributed by atoms with E-state index >= 15 is 0 Å². The van der Waals surface area contributed by atoms with Crippen LogP contribution in [0, 0.1) is 0 Å². The summed E-state index contributed by atoms with van der Waals surface area (Å²) in [5.74, 6) is -0.521. The zero-order valence-corrected chi connectivity index (χ0v) is 19.6. The Bertz CT molecular complexity index is 1250. The predicted molar refractivity (Wildman–Crippen MR) is 131 cm³/mol. The average molecular weight is 458 g/mol. The van der Waals surface area contributed by atoms with Crippen molar-refractivity contribution < 1.29 is 18.8 Å². The minimum atomic E-state index is -0.428. The highest BCUT2D eigenvalue weighted by molar-refractivity contribution is 6.36. The SMILES string of the molecule is CC(=O)Nc1ccc(C2=C(Nc3ccc(C(C)(C)C)cc3)C(=O)N(Cc3ccco3)C2=O)cc1. The summed E-state index contributed by atoms with van der Waals surface area (Å²) in [6.07, 6.45) is 1.51. The molecule has 0 saturated carbocycles. The molecule has 0 saturated heterocycles.